The Labute approximate surface area is 141 Å². The molecule has 1 amide bonds. The van der Waals surface area contributed by atoms with E-state index in [1.54, 1.807) is 6.92 Å². The number of nitrogens with one attached hydrogen (secondary N) is 2. The second-order valence-corrected chi connectivity index (χ2v) is 6.17. The molecule has 0 atom stereocenters. The Bertz CT molecular complexity index is 888. The Hall–Kier alpha value is -2.82. The molecule has 3 aromatic rings. The largest absolute Gasteiger partial charge is 0.322 e. The third-order valence-electron chi connectivity index (χ3n) is 3.97. The van der Waals surface area contributed by atoms with Crippen molar-refractivity contribution in [2.75, 3.05) is 5.32 Å². The molecule has 0 unspecified atom stereocenters. The zero-order valence-corrected chi connectivity index (χ0v) is 14.1. The number of imidazole rings is 1. The van der Waals surface area contributed by atoms with Crippen LogP contribution < -0.4 is 5.32 Å². The molecule has 0 aliphatic heterocycles. The lowest BCUT2D eigenvalue weighted by atomic mass is 10.1. The Balaban J connectivity index is 1.60. The quantitative estimate of drug-likeness (QED) is 0.680. The van der Waals surface area contributed by atoms with Crippen molar-refractivity contribution in [3.05, 3.63) is 65.6 Å². The first kappa shape index (κ1) is 16.1. The SMILES string of the molecule is C=C(C)C(=O)Nc1cccc(CCCc2cnc3cc(C)[nH]n23)c1. The molecular weight excluding hydrogens is 300 g/mol. The molecule has 5 nitrogen and oxygen atoms in total. The normalized spacial score (nSPS) is 10.9. The molecule has 0 saturated heterocycles. The Morgan fingerprint density at radius 2 is 2.17 bits per heavy atom. The second-order valence-electron chi connectivity index (χ2n) is 6.17. The second kappa shape index (κ2) is 6.74. The lowest BCUT2D eigenvalue weighted by molar-refractivity contribution is -0.112. The Morgan fingerprint density at radius 3 is 2.96 bits per heavy atom. The fourth-order valence-electron chi connectivity index (χ4n) is 2.73. The number of carbonyl (C=O) groups excluding carboxylic acids is 1. The maximum absolute atomic E-state index is 11.7. The first-order valence-electron chi connectivity index (χ1n) is 8.10. The van der Waals surface area contributed by atoms with Crippen LogP contribution in [0.25, 0.3) is 5.65 Å². The van der Waals surface area contributed by atoms with E-state index in [2.05, 4.69) is 28.0 Å². The van der Waals surface area contributed by atoms with E-state index in [4.69, 9.17) is 0 Å². The van der Waals surface area contributed by atoms with Crippen LogP contribution >= 0.6 is 0 Å². The van der Waals surface area contributed by atoms with Crippen LogP contribution in [0.3, 0.4) is 0 Å². The van der Waals surface area contributed by atoms with Crippen molar-refractivity contribution in [2.24, 2.45) is 0 Å². The van der Waals surface area contributed by atoms with Gasteiger partial charge in [-0.1, -0.05) is 18.7 Å². The summed E-state index contributed by atoms with van der Waals surface area (Å²) in [5.74, 6) is -0.143. The van der Waals surface area contributed by atoms with Crippen molar-refractivity contribution in [3.8, 4) is 0 Å². The summed E-state index contributed by atoms with van der Waals surface area (Å²) < 4.78 is 2.04. The summed E-state index contributed by atoms with van der Waals surface area (Å²) in [6, 6.07) is 10.0. The average molecular weight is 322 g/mol. The van der Waals surface area contributed by atoms with Gasteiger partial charge in [0.05, 0.1) is 11.9 Å². The van der Waals surface area contributed by atoms with Crippen LogP contribution in [-0.4, -0.2) is 20.5 Å². The highest BCUT2D eigenvalue weighted by Gasteiger charge is 2.06. The molecule has 0 spiro atoms. The van der Waals surface area contributed by atoms with Gasteiger partial charge in [-0.3, -0.25) is 9.89 Å². The van der Waals surface area contributed by atoms with E-state index in [9.17, 15) is 4.79 Å². The number of benzene rings is 1. The predicted molar refractivity (Wildman–Crippen MR) is 96.2 cm³/mol. The minimum atomic E-state index is -0.143. The summed E-state index contributed by atoms with van der Waals surface area (Å²) in [4.78, 5) is 16.1. The molecule has 0 aliphatic rings. The number of aromatic nitrogens is 3. The summed E-state index contributed by atoms with van der Waals surface area (Å²) in [5.41, 5.74) is 5.79. The molecular formula is C19H22N4O. The number of hydrogen-bond donors (Lipinski definition) is 2. The number of fused-ring (bicyclic) bond motifs is 1. The number of aromatic amines is 1. The minimum absolute atomic E-state index is 0.143. The fourth-order valence-corrected chi connectivity index (χ4v) is 2.73. The van der Waals surface area contributed by atoms with Gasteiger partial charge in [0.2, 0.25) is 0 Å². The number of rotatable bonds is 6. The zero-order valence-electron chi connectivity index (χ0n) is 14.1. The van der Waals surface area contributed by atoms with Crippen molar-refractivity contribution in [1.82, 2.24) is 14.6 Å². The number of H-pyrrole nitrogens is 1. The molecule has 5 heteroatoms. The van der Waals surface area contributed by atoms with Gasteiger partial charge in [-0.2, -0.15) is 0 Å². The molecule has 2 aromatic heterocycles. The van der Waals surface area contributed by atoms with Gasteiger partial charge in [-0.05, 0) is 50.8 Å². The predicted octanol–water partition coefficient (Wildman–Crippen LogP) is 3.66. The van der Waals surface area contributed by atoms with Crippen LogP contribution in [0.15, 0.2) is 48.7 Å². The Kier molecular flexibility index (Phi) is 4.51. The molecule has 2 heterocycles. The number of anilines is 1. The highest BCUT2D eigenvalue weighted by atomic mass is 16.1. The molecule has 0 saturated carbocycles. The molecule has 1 aromatic carbocycles. The van der Waals surface area contributed by atoms with Crippen molar-refractivity contribution in [2.45, 2.75) is 33.1 Å². The third kappa shape index (κ3) is 3.56. The summed E-state index contributed by atoms with van der Waals surface area (Å²) in [5, 5.41) is 6.15. The van der Waals surface area contributed by atoms with Gasteiger partial charge < -0.3 is 5.32 Å². The van der Waals surface area contributed by atoms with Crippen LogP contribution in [0.2, 0.25) is 0 Å². The number of carbonyl (C=O) groups is 1. The average Bonchev–Trinajstić information content (AvgIpc) is 3.07. The van der Waals surface area contributed by atoms with E-state index in [0.29, 0.717) is 5.57 Å². The van der Waals surface area contributed by atoms with Crippen LogP contribution in [-0.2, 0) is 17.6 Å². The van der Waals surface area contributed by atoms with E-state index >= 15 is 0 Å². The standard InChI is InChI=1S/C19H22N4O/c1-13(2)19(24)21-16-8-4-6-15(11-16)7-5-9-17-12-20-18-10-14(3)22-23(17)18/h4,6,8,10-12,22H,1,5,7,9H2,2-3H3,(H,21,24). The Morgan fingerprint density at radius 1 is 1.33 bits per heavy atom. The lowest BCUT2D eigenvalue weighted by Crippen LogP contribution is -2.11. The van der Waals surface area contributed by atoms with Crippen molar-refractivity contribution >= 4 is 17.2 Å². The first-order chi connectivity index (χ1) is 11.5. The molecule has 0 aliphatic carbocycles. The summed E-state index contributed by atoms with van der Waals surface area (Å²) in [7, 11) is 0. The fraction of sp³-hybridized carbons (Fsp3) is 0.263. The van der Waals surface area contributed by atoms with Gasteiger partial charge in [-0.25, -0.2) is 9.50 Å². The monoisotopic (exact) mass is 322 g/mol. The van der Waals surface area contributed by atoms with E-state index in [1.165, 1.54) is 11.3 Å². The van der Waals surface area contributed by atoms with Gasteiger partial charge in [0.25, 0.3) is 5.91 Å². The van der Waals surface area contributed by atoms with Gasteiger partial charge in [0, 0.05) is 23.0 Å². The van der Waals surface area contributed by atoms with Crippen molar-refractivity contribution in [3.63, 3.8) is 0 Å². The number of amides is 1. The molecule has 24 heavy (non-hydrogen) atoms. The summed E-state index contributed by atoms with van der Waals surface area (Å²) >= 11 is 0. The first-order valence-corrected chi connectivity index (χ1v) is 8.10. The maximum Gasteiger partial charge on any atom is 0.250 e. The van der Waals surface area contributed by atoms with Crippen molar-refractivity contribution < 1.29 is 4.79 Å². The van der Waals surface area contributed by atoms with Crippen LogP contribution in [0.1, 0.15) is 30.3 Å². The molecule has 0 fully saturated rings. The summed E-state index contributed by atoms with van der Waals surface area (Å²) in [6.45, 7) is 7.39. The van der Waals surface area contributed by atoms with Gasteiger partial charge in [-0.15, -0.1) is 0 Å². The lowest BCUT2D eigenvalue weighted by Gasteiger charge is -2.07. The highest BCUT2D eigenvalue weighted by molar-refractivity contribution is 6.02. The molecule has 3 rings (SSSR count). The van der Waals surface area contributed by atoms with Gasteiger partial charge >= 0.3 is 0 Å². The number of nitrogens with zero attached hydrogens (tertiary/aromatic N) is 2. The molecule has 124 valence electrons. The highest BCUT2D eigenvalue weighted by Crippen LogP contribution is 2.15. The maximum atomic E-state index is 11.7. The number of aryl methyl sites for hydroxylation is 3. The minimum Gasteiger partial charge on any atom is -0.322 e. The van der Waals surface area contributed by atoms with E-state index < -0.39 is 0 Å². The third-order valence-corrected chi connectivity index (χ3v) is 3.97. The number of hydrogen-bond acceptors (Lipinski definition) is 2. The van der Waals surface area contributed by atoms with Crippen LogP contribution in [0.4, 0.5) is 5.69 Å². The van der Waals surface area contributed by atoms with E-state index in [1.807, 2.05) is 41.9 Å². The zero-order chi connectivity index (χ0) is 17.1. The van der Waals surface area contributed by atoms with Gasteiger partial charge in [0.1, 0.15) is 0 Å². The summed E-state index contributed by atoms with van der Waals surface area (Å²) in [6.07, 6.45) is 4.84. The van der Waals surface area contributed by atoms with Crippen LogP contribution in [0, 0.1) is 6.92 Å². The van der Waals surface area contributed by atoms with Crippen molar-refractivity contribution in [1.29, 1.82) is 0 Å². The molecule has 0 radical (unpaired) electrons. The smallest absolute Gasteiger partial charge is 0.250 e. The van der Waals surface area contributed by atoms with E-state index in [-0.39, 0.29) is 5.91 Å². The molecule has 2 N–H and O–H groups in total. The van der Waals surface area contributed by atoms with E-state index in [0.717, 1.165) is 36.3 Å². The van der Waals surface area contributed by atoms with Gasteiger partial charge in [0.15, 0.2) is 5.65 Å². The topological polar surface area (TPSA) is 62.2 Å². The van der Waals surface area contributed by atoms with Crippen LogP contribution in [0.5, 0.6) is 0 Å². The molecule has 0 bridgehead atoms.